The van der Waals surface area contributed by atoms with Gasteiger partial charge in [-0.2, -0.15) is 0 Å². The molecule has 0 bridgehead atoms. The van der Waals surface area contributed by atoms with Gasteiger partial charge in [0.05, 0.1) is 14.2 Å². The lowest BCUT2D eigenvalue weighted by atomic mass is 10.1. The first-order valence-electron chi connectivity index (χ1n) is 6.97. The summed E-state index contributed by atoms with van der Waals surface area (Å²) in [5.74, 6) is 1.53. The minimum absolute atomic E-state index is 0.762. The molecule has 3 heteroatoms. The van der Waals surface area contributed by atoms with E-state index in [0.29, 0.717) is 0 Å². The van der Waals surface area contributed by atoms with E-state index in [1.807, 2.05) is 12.1 Å². The minimum atomic E-state index is 0.762. The molecule has 1 heterocycles. The Bertz CT molecular complexity index is 774. The summed E-state index contributed by atoms with van der Waals surface area (Å²) < 4.78 is 12.9. The molecule has 108 valence electrons. The third-order valence-electron chi connectivity index (χ3n) is 3.88. The highest BCUT2D eigenvalue weighted by Crippen LogP contribution is 2.29. The largest absolute Gasteiger partial charge is 0.493 e. The number of para-hydroxylation sites is 1. The van der Waals surface area contributed by atoms with Gasteiger partial charge in [-0.3, -0.25) is 0 Å². The maximum Gasteiger partial charge on any atom is 0.160 e. The summed E-state index contributed by atoms with van der Waals surface area (Å²) in [6.45, 7) is 0. The first-order chi connectivity index (χ1) is 10.2. The van der Waals surface area contributed by atoms with E-state index in [1.165, 1.54) is 22.2 Å². The maximum absolute atomic E-state index is 5.37. The summed E-state index contributed by atoms with van der Waals surface area (Å²) in [5.41, 5.74) is 3.75. The van der Waals surface area contributed by atoms with Gasteiger partial charge in [-0.1, -0.05) is 24.3 Å². The molecule has 0 aliphatic rings. The van der Waals surface area contributed by atoms with E-state index in [4.69, 9.17) is 9.47 Å². The zero-order chi connectivity index (χ0) is 14.8. The summed E-state index contributed by atoms with van der Waals surface area (Å²) in [4.78, 5) is 0. The molecule has 0 atom stereocenters. The van der Waals surface area contributed by atoms with Crippen molar-refractivity contribution in [2.75, 3.05) is 14.2 Å². The Morgan fingerprint density at radius 3 is 2.38 bits per heavy atom. The van der Waals surface area contributed by atoms with Crippen molar-refractivity contribution in [3.05, 3.63) is 59.8 Å². The predicted molar refractivity (Wildman–Crippen MR) is 85.3 cm³/mol. The molecular formula is C18H19NO2. The van der Waals surface area contributed by atoms with Gasteiger partial charge in [-0.25, -0.2) is 0 Å². The quantitative estimate of drug-likeness (QED) is 0.726. The molecule has 3 nitrogen and oxygen atoms in total. The SMILES string of the molecule is COc1ccc(Cc2cc3ccccc3n2C)cc1OC. The van der Waals surface area contributed by atoms with Crippen LogP contribution >= 0.6 is 0 Å². The maximum atomic E-state index is 5.37. The predicted octanol–water partition coefficient (Wildman–Crippen LogP) is 3.79. The zero-order valence-electron chi connectivity index (χ0n) is 12.6. The number of aromatic nitrogens is 1. The molecule has 3 rings (SSSR count). The smallest absolute Gasteiger partial charge is 0.160 e. The highest BCUT2D eigenvalue weighted by molar-refractivity contribution is 5.81. The normalized spacial score (nSPS) is 10.8. The summed E-state index contributed by atoms with van der Waals surface area (Å²) in [6.07, 6.45) is 0.867. The molecule has 3 aromatic rings. The molecule has 0 unspecified atom stereocenters. The number of nitrogens with zero attached hydrogens (tertiary/aromatic N) is 1. The van der Waals surface area contributed by atoms with Crippen LogP contribution in [0, 0.1) is 0 Å². The summed E-state index contributed by atoms with van der Waals surface area (Å²) in [7, 11) is 5.43. The van der Waals surface area contributed by atoms with E-state index in [2.05, 4.69) is 48.0 Å². The third-order valence-corrected chi connectivity index (χ3v) is 3.88. The molecule has 0 aliphatic carbocycles. The average molecular weight is 281 g/mol. The Hall–Kier alpha value is -2.42. The van der Waals surface area contributed by atoms with Gasteiger partial charge in [0.1, 0.15) is 0 Å². The van der Waals surface area contributed by atoms with Crippen LogP contribution in [-0.4, -0.2) is 18.8 Å². The topological polar surface area (TPSA) is 23.4 Å². The molecule has 0 aliphatic heterocycles. The lowest BCUT2D eigenvalue weighted by molar-refractivity contribution is 0.354. The first kappa shape index (κ1) is 13.6. The Morgan fingerprint density at radius 2 is 1.67 bits per heavy atom. The third kappa shape index (κ3) is 2.47. The van der Waals surface area contributed by atoms with Crippen LogP contribution in [0.3, 0.4) is 0 Å². The van der Waals surface area contributed by atoms with Gasteiger partial charge in [0.25, 0.3) is 0 Å². The van der Waals surface area contributed by atoms with Gasteiger partial charge in [0.2, 0.25) is 0 Å². The van der Waals surface area contributed by atoms with Crippen LogP contribution < -0.4 is 9.47 Å². The molecule has 2 aromatic carbocycles. The van der Waals surface area contributed by atoms with Crippen molar-refractivity contribution in [1.82, 2.24) is 4.57 Å². The first-order valence-corrected chi connectivity index (χ1v) is 6.97. The van der Waals surface area contributed by atoms with Crippen molar-refractivity contribution in [2.24, 2.45) is 7.05 Å². The van der Waals surface area contributed by atoms with Crippen molar-refractivity contribution in [2.45, 2.75) is 6.42 Å². The molecule has 0 spiro atoms. The number of hydrogen-bond donors (Lipinski definition) is 0. The lowest BCUT2D eigenvalue weighted by Gasteiger charge is -2.10. The molecule has 0 amide bonds. The summed E-state index contributed by atoms with van der Waals surface area (Å²) >= 11 is 0. The van der Waals surface area contributed by atoms with E-state index >= 15 is 0 Å². The number of benzene rings is 2. The van der Waals surface area contributed by atoms with Gasteiger partial charge in [-0.05, 0) is 35.2 Å². The second kappa shape index (κ2) is 5.52. The molecule has 1 aromatic heterocycles. The Balaban J connectivity index is 1.96. The highest BCUT2D eigenvalue weighted by Gasteiger charge is 2.09. The molecule has 0 radical (unpaired) electrons. The van der Waals surface area contributed by atoms with Crippen LogP contribution in [0.2, 0.25) is 0 Å². The van der Waals surface area contributed by atoms with Crippen molar-refractivity contribution < 1.29 is 9.47 Å². The van der Waals surface area contributed by atoms with Gasteiger partial charge in [0, 0.05) is 24.7 Å². The highest BCUT2D eigenvalue weighted by atomic mass is 16.5. The minimum Gasteiger partial charge on any atom is -0.493 e. The Kier molecular flexibility index (Phi) is 3.57. The second-order valence-electron chi connectivity index (χ2n) is 5.12. The van der Waals surface area contributed by atoms with Crippen molar-refractivity contribution in [3.63, 3.8) is 0 Å². The number of rotatable bonds is 4. The second-order valence-corrected chi connectivity index (χ2v) is 5.12. The lowest BCUT2D eigenvalue weighted by Crippen LogP contribution is -1.98. The fraction of sp³-hybridized carbons (Fsp3) is 0.222. The van der Waals surface area contributed by atoms with Gasteiger partial charge in [0.15, 0.2) is 11.5 Å². The molecule has 0 saturated heterocycles. The van der Waals surface area contributed by atoms with Crippen molar-refractivity contribution in [3.8, 4) is 11.5 Å². The summed E-state index contributed by atoms with van der Waals surface area (Å²) in [5, 5.41) is 1.27. The summed E-state index contributed by atoms with van der Waals surface area (Å²) in [6, 6.07) is 16.8. The zero-order valence-corrected chi connectivity index (χ0v) is 12.6. The van der Waals surface area contributed by atoms with Crippen molar-refractivity contribution in [1.29, 1.82) is 0 Å². The van der Waals surface area contributed by atoms with E-state index in [0.717, 1.165) is 17.9 Å². The monoisotopic (exact) mass is 281 g/mol. The fourth-order valence-corrected chi connectivity index (χ4v) is 2.72. The molecule has 0 saturated carbocycles. The van der Waals surface area contributed by atoms with E-state index < -0.39 is 0 Å². The van der Waals surface area contributed by atoms with Crippen LogP contribution in [0.5, 0.6) is 11.5 Å². The Morgan fingerprint density at radius 1 is 0.905 bits per heavy atom. The average Bonchev–Trinajstić information content (AvgIpc) is 2.84. The number of ether oxygens (including phenoxy) is 2. The van der Waals surface area contributed by atoms with E-state index in [9.17, 15) is 0 Å². The molecule has 0 fully saturated rings. The molecule has 0 N–H and O–H groups in total. The number of aryl methyl sites for hydroxylation is 1. The molecular weight excluding hydrogens is 262 g/mol. The van der Waals surface area contributed by atoms with Gasteiger partial charge in [-0.15, -0.1) is 0 Å². The van der Waals surface area contributed by atoms with E-state index in [-0.39, 0.29) is 0 Å². The van der Waals surface area contributed by atoms with Crippen LogP contribution in [-0.2, 0) is 13.5 Å². The van der Waals surface area contributed by atoms with Crippen molar-refractivity contribution >= 4 is 10.9 Å². The number of fused-ring (bicyclic) bond motifs is 1. The standard InChI is InChI=1S/C18H19NO2/c1-19-15(12-14-6-4-5-7-16(14)19)10-13-8-9-17(20-2)18(11-13)21-3/h4-9,11-12H,10H2,1-3H3. The van der Waals surface area contributed by atoms with Crippen LogP contribution in [0.4, 0.5) is 0 Å². The molecule has 21 heavy (non-hydrogen) atoms. The van der Waals surface area contributed by atoms with Crippen LogP contribution in [0.1, 0.15) is 11.3 Å². The van der Waals surface area contributed by atoms with E-state index in [1.54, 1.807) is 14.2 Å². The van der Waals surface area contributed by atoms with Crippen LogP contribution in [0.25, 0.3) is 10.9 Å². The van der Waals surface area contributed by atoms with Gasteiger partial charge >= 0.3 is 0 Å². The van der Waals surface area contributed by atoms with Gasteiger partial charge < -0.3 is 14.0 Å². The Labute approximate surface area is 124 Å². The van der Waals surface area contributed by atoms with Crippen LogP contribution in [0.15, 0.2) is 48.5 Å². The number of hydrogen-bond acceptors (Lipinski definition) is 2. The fourth-order valence-electron chi connectivity index (χ4n) is 2.72. The number of methoxy groups -OCH3 is 2.